The van der Waals surface area contributed by atoms with E-state index in [1.807, 2.05) is 18.3 Å². The Hall–Kier alpha value is -0.820. The van der Waals surface area contributed by atoms with Crippen LogP contribution in [0.15, 0.2) is 6.07 Å². The maximum Gasteiger partial charge on any atom is 0.0562 e. The molecule has 1 unspecified atom stereocenters. The second-order valence-electron chi connectivity index (χ2n) is 4.14. The van der Waals surface area contributed by atoms with Crippen LogP contribution < -0.4 is 11.3 Å². The number of nitrogens with two attached hydrogens (primary N) is 1. The molecule has 0 fully saturated rings. The molecule has 16 heavy (non-hydrogen) atoms. The van der Waals surface area contributed by atoms with Gasteiger partial charge in [0.25, 0.3) is 0 Å². The summed E-state index contributed by atoms with van der Waals surface area (Å²) in [5.74, 6) is 11.6. The Bertz CT molecular complexity index is 390. The van der Waals surface area contributed by atoms with Crippen molar-refractivity contribution in [3.63, 3.8) is 0 Å². The summed E-state index contributed by atoms with van der Waals surface area (Å²) in [7, 11) is 0. The number of hydrogen-bond donors (Lipinski definition) is 2. The molecule has 1 aliphatic carbocycles. The van der Waals surface area contributed by atoms with E-state index in [0.29, 0.717) is 0 Å². The fraction of sp³-hybridized carbons (Fsp3) is 0.538. The summed E-state index contributed by atoms with van der Waals surface area (Å²) in [6, 6.07) is 2.60. The van der Waals surface area contributed by atoms with Crippen molar-refractivity contribution in [1.29, 1.82) is 0 Å². The van der Waals surface area contributed by atoms with Crippen LogP contribution in [-0.4, -0.2) is 0 Å². The first kappa shape index (κ1) is 11.7. The normalized spacial score (nSPS) is 15.4. The number of nitrogens with one attached hydrogen (secondary N) is 1. The van der Waals surface area contributed by atoms with Gasteiger partial charge in [-0.25, -0.2) is 0 Å². The molecule has 1 aliphatic rings. The summed E-state index contributed by atoms with van der Waals surface area (Å²) in [4.78, 5) is 2.95. The lowest BCUT2D eigenvalue weighted by molar-refractivity contribution is 0.531. The molecular weight excluding hydrogens is 216 g/mol. The molecule has 0 saturated carbocycles. The summed E-state index contributed by atoms with van der Waals surface area (Å²) in [6.45, 7) is 1.88. The lowest BCUT2D eigenvalue weighted by Crippen LogP contribution is -2.27. The number of thiophene rings is 1. The average molecular weight is 234 g/mol. The molecule has 0 saturated heterocycles. The van der Waals surface area contributed by atoms with Crippen molar-refractivity contribution < 1.29 is 0 Å². The Morgan fingerprint density at radius 3 is 3.12 bits per heavy atom. The molecule has 0 amide bonds. The summed E-state index contributed by atoms with van der Waals surface area (Å²) in [5, 5.41) is 0. The smallest absolute Gasteiger partial charge is 0.0562 e. The molecule has 1 heterocycles. The van der Waals surface area contributed by atoms with Crippen molar-refractivity contribution in [1.82, 2.24) is 5.43 Å². The van der Waals surface area contributed by atoms with Crippen molar-refractivity contribution in [3.8, 4) is 11.8 Å². The summed E-state index contributed by atoms with van der Waals surface area (Å²) < 4.78 is 0. The molecule has 2 nitrogen and oxygen atoms in total. The maximum absolute atomic E-state index is 5.61. The average Bonchev–Trinajstić information content (AvgIpc) is 2.84. The zero-order chi connectivity index (χ0) is 11.4. The Balaban J connectivity index is 2.04. The van der Waals surface area contributed by atoms with Gasteiger partial charge in [-0.1, -0.05) is 0 Å². The van der Waals surface area contributed by atoms with E-state index >= 15 is 0 Å². The highest BCUT2D eigenvalue weighted by Gasteiger charge is 2.18. The number of hydrogen-bond acceptors (Lipinski definition) is 3. The second kappa shape index (κ2) is 5.49. The third-order valence-electron chi connectivity index (χ3n) is 3.05. The van der Waals surface area contributed by atoms with Crippen molar-refractivity contribution in [3.05, 3.63) is 21.4 Å². The van der Waals surface area contributed by atoms with Gasteiger partial charge in [0.2, 0.25) is 0 Å². The molecule has 3 heteroatoms. The van der Waals surface area contributed by atoms with Crippen molar-refractivity contribution in [2.24, 2.45) is 5.84 Å². The molecule has 3 N–H and O–H groups in total. The third-order valence-corrected chi connectivity index (χ3v) is 4.40. The third kappa shape index (κ3) is 2.46. The van der Waals surface area contributed by atoms with Gasteiger partial charge < -0.3 is 0 Å². The van der Waals surface area contributed by atoms with E-state index in [-0.39, 0.29) is 6.04 Å². The van der Waals surface area contributed by atoms with Gasteiger partial charge in [0, 0.05) is 16.2 Å². The van der Waals surface area contributed by atoms with E-state index in [9.17, 15) is 0 Å². The minimum Gasteiger partial charge on any atom is -0.271 e. The van der Waals surface area contributed by atoms with E-state index in [4.69, 9.17) is 5.84 Å². The number of aryl methyl sites for hydroxylation is 2. The van der Waals surface area contributed by atoms with Crippen LogP contribution in [0.5, 0.6) is 0 Å². The molecule has 1 atom stereocenters. The fourth-order valence-electron chi connectivity index (χ4n) is 2.17. The Labute approximate surface area is 101 Å². The SMILES string of the molecule is CC#CCCC(NN)c1cc2c(s1)CCC2. The minimum absolute atomic E-state index is 0.274. The van der Waals surface area contributed by atoms with Crippen LogP contribution >= 0.6 is 11.3 Å². The quantitative estimate of drug-likeness (QED) is 0.477. The minimum atomic E-state index is 0.274. The Morgan fingerprint density at radius 2 is 2.44 bits per heavy atom. The van der Waals surface area contributed by atoms with Gasteiger partial charge in [0.05, 0.1) is 6.04 Å². The monoisotopic (exact) mass is 234 g/mol. The molecule has 0 aromatic carbocycles. The fourth-order valence-corrected chi connectivity index (χ4v) is 3.53. The van der Waals surface area contributed by atoms with Gasteiger partial charge in [-0.15, -0.1) is 23.2 Å². The van der Waals surface area contributed by atoms with Gasteiger partial charge in [-0.3, -0.25) is 11.3 Å². The van der Waals surface area contributed by atoms with Crippen LogP contribution in [-0.2, 0) is 12.8 Å². The van der Waals surface area contributed by atoms with Gasteiger partial charge >= 0.3 is 0 Å². The zero-order valence-electron chi connectivity index (χ0n) is 9.68. The van der Waals surface area contributed by atoms with E-state index in [1.165, 1.54) is 24.1 Å². The Kier molecular flexibility index (Phi) is 4.00. The predicted octanol–water partition coefficient (Wildman–Crippen LogP) is 2.54. The van der Waals surface area contributed by atoms with Gasteiger partial charge in [-0.05, 0) is 44.2 Å². The predicted molar refractivity (Wildman–Crippen MR) is 69.1 cm³/mol. The summed E-state index contributed by atoms with van der Waals surface area (Å²) in [6.07, 6.45) is 5.73. The largest absolute Gasteiger partial charge is 0.271 e. The molecule has 1 aromatic heterocycles. The molecule has 2 rings (SSSR count). The molecule has 1 aromatic rings. The van der Waals surface area contributed by atoms with Gasteiger partial charge in [0.15, 0.2) is 0 Å². The van der Waals surface area contributed by atoms with Gasteiger partial charge in [0.1, 0.15) is 0 Å². The van der Waals surface area contributed by atoms with Crippen LogP contribution in [0.25, 0.3) is 0 Å². The molecule has 0 bridgehead atoms. The Morgan fingerprint density at radius 1 is 1.56 bits per heavy atom. The van der Waals surface area contributed by atoms with E-state index in [0.717, 1.165) is 12.8 Å². The van der Waals surface area contributed by atoms with Gasteiger partial charge in [-0.2, -0.15) is 0 Å². The highest BCUT2D eigenvalue weighted by Crippen LogP contribution is 2.34. The van der Waals surface area contributed by atoms with Crippen LogP contribution in [0.2, 0.25) is 0 Å². The standard InChI is InChI=1S/C13H18N2S/c1-2-3-4-7-11(15-14)13-9-10-6-5-8-12(10)16-13/h9,11,15H,4-8,14H2,1H3. The highest BCUT2D eigenvalue weighted by atomic mass is 32.1. The zero-order valence-corrected chi connectivity index (χ0v) is 10.5. The lowest BCUT2D eigenvalue weighted by Gasteiger charge is -2.12. The topological polar surface area (TPSA) is 38.0 Å². The highest BCUT2D eigenvalue weighted by molar-refractivity contribution is 7.12. The molecular formula is C13H18N2S. The van der Waals surface area contributed by atoms with Crippen LogP contribution in [0.4, 0.5) is 0 Å². The van der Waals surface area contributed by atoms with Crippen molar-refractivity contribution in [2.45, 2.75) is 45.1 Å². The molecule has 0 aliphatic heterocycles. The number of fused-ring (bicyclic) bond motifs is 1. The van der Waals surface area contributed by atoms with Crippen LogP contribution in [0, 0.1) is 11.8 Å². The second-order valence-corrected chi connectivity index (χ2v) is 5.30. The number of hydrazine groups is 1. The van der Waals surface area contributed by atoms with Crippen LogP contribution in [0.1, 0.15) is 47.5 Å². The van der Waals surface area contributed by atoms with E-state index < -0.39 is 0 Å². The molecule has 0 spiro atoms. The van der Waals surface area contributed by atoms with Crippen molar-refractivity contribution in [2.75, 3.05) is 0 Å². The maximum atomic E-state index is 5.61. The first-order chi connectivity index (χ1) is 7.85. The van der Waals surface area contributed by atoms with Crippen molar-refractivity contribution >= 4 is 11.3 Å². The summed E-state index contributed by atoms with van der Waals surface area (Å²) >= 11 is 1.92. The van der Waals surface area contributed by atoms with E-state index in [1.54, 1.807) is 10.4 Å². The first-order valence-corrected chi connectivity index (χ1v) is 6.64. The summed E-state index contributed by atoms with van der Waals surface area (Å²) in [5.41, 5.74) is 4.45. The molecule has 86 valence electrons. The lowest BCUT2D eigenvalue weighted by atomic mass is 10.1. The molecule has 0 radical (unpaired) electrons. The van der Waals surface area contributed by atoms with Crippen LogP contribution in [0.3, 0.4) is 0 Å². The van der Waals surface area contributed by atoms with E-state index in [2.05, 4.69) is 23.3 Å². The number of rotatable bonds is 4. The first-order valence-electron chi connectivity index (χ1n) is 5.82.